The van der Waals surface area contributed by atoms with Crippen LogP contribution >= 0.6 is 0 Å². The van der Waals surface area contributed by atoms with E-state index < -0.39 is 30.2 Å². The van der Waals surface area contributed by atoms with Gasteiger partial charge in [-0.3, -0.25) is 4.57 Å². The molecule has 0 aliphatic rings. The minimum Gasteiger partial charge on any atom is -0.465 e. The van der Waals surface area contributed by atoms with Crippen molar-refractivity contribution in [2.75, 3.05) is 20.4 Å². The molecule has 4 N–H and O–H groups in total. The fourth-order valence-electron chi connectivity index (χ4n) is 5.15. The van der Waals surface area contributed by atoms with E-state index in [4.69, 9.17) is 35.3 Å². The Morgan fingerprint density at radius 2 is 1.68 bits per heavy atom. The molecule has 0 saturated heterocycles. The van der Waals surface area contributed by atoms with E-state index in [1.54, 1.807) is 37.3 Å². The van der Waals surface area contributed by atoms with Crippen LogP contribution in [0.1, 0.15) is 40.9 Å². The van der Waals surface area contributed by atoms with Gasteiger partial charge in [0.15, 0.2) is 18.9 Å². The number of ether oxygens (including phenoxy) is 5. The highest BCUT2D eigenvalue weighted by Crippen LogP contribution is 2.29. The van der Waals surface area contributed by atoms with Crippen LogP contribution in [0.3, 0.4) is 0 Å². The molecule has 276 valence electrons. The number of carbonyl (C=O) groups excluding carboxylic acids is 2. The number of imidazole rings is 1. The van der Waals surface area contributed by atoms with E-state index in [0.717, 1.165) is 21.8 Å². The monoisotopic (exact) mass is 727 g/mol. The zero-order chi connectivity index (χ0) is 37.9. The average Bonchev–Trinajstić information content (AvgIpc) is 3.50. The van der Waals surface area contributed by atoms with Gasteiger partial charge < -0.3 is 34.3 Å². The quantitative estimate of drug-likeness (QED) is 0.0200. The molecular weight excluding hydrogens is 690 g/mol. The molecule has 17 heteroatoms. The zero-order valence-corrected chi connectivity index (χ0v) is 29.0. The van der Waals surface area contributed by atoms with Crippen molar-refractivity contribution in [2.24, 2.45) is 16.7 Å². The third-order valence-electron chi connectivity index (χ3n) is 7.65. The van der Waals surface area contributed by atoms with Crippen molar-refractivity contribution < 1.29 is 43.2 Å². The summed E-state index contributed by atoms with van der Waals surface area (Å²) in [4.78, 5) is 44.5. The van der Waals surface area contributed by atoms with Crippen molar-refractivity contribution in [3.63, 3.8) is 0 Å². The molecule has 5 aromatic rings. The Bertz CT molecular complexity index is 2090. The van der Waals surface area contributed by atoms with E-state index in [1.807, 2.05) is 47.9 Å². The summed E-state index contributed by atoms with van der Waals surface area (Å²) in [6.45, 7) is 3.48. The highest BCUT2D eigenvalue weighted by atomic mass is 16.9. The number of amidine groups is 1. The van der Waals surface area contributed by atoms with Gasteiger partial charge in [-0.25, -0.2) is 15.4 Å². The van der Waals surface area contributed by atoms with E-state index >= 15 is 0 Å². The number of para-hydroxylation sites is 1. The highest BCUT2D eigenvalue weighted by molar-refractivity contribution is 6.03. The molecule has 1 unspecified atom stereocenters. The van der Waals surface area contributed by atoms with Gasteiger partial charge in [0.25, 0.3) is 11.1 Å². The van der Waals surface area contributed by atoms with Gasteiger partial charge in [0, 0.05) is 12.7 Å². The molecule has 0 radical (unpaired) electrons. The molecule has 0 bridgehead atoms. The number of carbonyl (C=O) groups is 2. The maximum absolute atomic E-state index is 13.1. The number of hydrazine groups is 1. The number of nitrogens with zero attached hydrogens (tertiary/aromatic N) is 5. The molecule has 17 nitrogen and oxygen atoms in total. The summed E-state index contributed by atoms with van der Waals surface area (Å²) in [6.07, 6.45) is -1.79. The first kappa shape index (κ1) is 37.5. The molecule has 0 saturated carbocycles. The zero-order valence-electron chi connectivity index (χ0n) is 29.0. The smallest absolute Gasteiger partial charge is 0.465 e. The van der Waals surface area contributed by atoms with Gasteiger partial charge in [0.1, 0.15) is 12.4 Å². The Morgan fingerprint density at radius 1 is 0.981 bits per heavy atom. The Kier molecular flexibility index (Phi) is 12.4. The molecule has 4 aromatic carbocycles. The predicted octanol–water partition coefficient (Wildman–Crippen LogP) is 4.98. The van der Waals surface area contributed by atoms with Gasteiger partial charge in [-0.2, -0.15) is 10.1 Å². The number of aromatic nitrogens is 2. The number of hydrogen-bond acceptors (Lipinski definition) is 14. The maximum atomic E-state index is 13.1. The molecule has 0 fully saturated rings. The van der Waals surface area contributed by atoms with Crippen LogP contribution in [0, 0.1) is 10.1 Å². The van der Waals surface area contributed by atoms with Crippen LogP contribution in [0.5, 0.6) is 11.8 Å². The lowest BCUT2D eigenvalue weighted by Crippen LogP contribution is -2.33. The van der Waals surface area contributed by atoms with Gasteiger partial charge >= 0.3 is 12.1 Å². The van der Waals surface area contributed by atoms with Crippen LogP contribution in [0.15, 0.2) is 96.1 Å². The van der Waals surface area contributed by atoms with Gasteiger partial charge in [0.05, 0.1) is 29.7 Å². The van der Waals surface area contributed by atoms with Crippen LogP contribution in [0.4, 0.5) is 4.79 Å². The molecule has 5 rings (SSSR count). The lowest BCUT2D eigenvalue weighted by Gasteiger charge is -2.16. The summed E-state index contributed by atoms with van der Waals surface area (Å²) in [7, 11) is 1.46. The molecule has 0 amide bonds. The van der Waals surface area contributed by atoms with Gasteiger partial charge in [-0.1, -0.05) is 66.7 Å². The Hall–Kier alpha value is -6.72. The van der Waals surface area contributed by atoms with Crippen LogP contribution in [0.2, 0.25) is 0 Å². The first-order valence-electron chi connectivity index (χ1n) is 16.2. The van der Waals surface area contributed by atoms with Gasteiger partial charge in [-0.05, 0) is 60.4 Å². The van der Waals surface area contributed by atoms with Crippen molar-refractivity contribution in [1.82, 2.24) is 14.7 Å². The number of nitrogens with two attached hydrogens (primary N) is 2. The summed E-state index contributed by atoms with van der Waals surface area (Å²) >= 11 is 0. The summed E-state index contributed by atoms with van der Waals surface area (Å²) in [6, 6.07) is 26.5. The number of methoxy groups -OCH3 is 1. The molecule has 1 aromatic heterocycles. The second-order valence-electron chi connectivity index (χ2n) is 11.2. The predicted molar refractivity (Wildman–Crippen MR) is 191 cm³/mol. The van der Waals surface area contributed by atoms with E-state index in [-0.39, 0.29) is 18.2 Å². The fourth-order valence-corrected chi connectivity index (χ4v) is 5.15. The van der Waals surface area contributed by atoms with Crippen molar-refractivity contribution in [1.29, 1.82) is 0 Å². The van der Waals surface area contributed by atoms with Crippen LogP contribution < -0.4 is 21.1 Å². The standard InChI is InChI=1S/C36H37N7O10/c1-4-49-35-39-31-11-7-10-30(34(44)52-23(2)48-3)32(31)41(35)20-24-12-16-26(17-13-24)28-8-5-6-9-29(28)33(37)40-42(38)22-50-36(45)53-27-18-14-25(15-19-27)21-51-43(46)47/h5-19,23H,4,20-22,38H2,1-3H3,(H2,37,40). The second kappa shape index (κ2) is 17.5. The van der Waals surface area contributed by atoms with Gasteiger partial charge in [-0.15, -0.1) is 15.2 Å². The third kappa shape index (κ3) is 9.75. The number of benzene rings is 4. The minimum absolute atomic E-state index is 0.0603. The van der Waals surface area contributed by atoms with Crippen molar-refractivity contribution in [3.8, 4) is 22.9 Å². The summed E-state index contributed by atoms with van der Waals surface area (Å²) < 4.78 is 28.4. The largest absolute Gasteiger partial charge is 0.515 e. The third-order valence-corrected chi connectivity index (χ3v) is 7.65. The van der Waals surface area contributed by atoms with Crippen LogP contribution in [-0.4, -0.2) is 64.5 Å². The molecule has 0 aliphatic carbocycles. The molecular formula is C36H37N7O10. The highest BCUT2D eigenvalue weighted by Gasteiger charge is 2.22. The number of hydrogen-bond donors (Lipinski definition) is 2. The van der Waals surface area contributed by atoms with Crippen LogP contribution in [-0.2, 0) is 32.2 Å². The summed E-state index contributed by atoms with van der Waals surface area (Å²) in [5.41, 5.74) is 11.4. The normalized spacial score (nSPS) is 11.8. The van der Waals surface area contributed by atoms with Crippen molar-refractivity contribution in [2.45, 2.75) is 33.3 Å². The molecule has 53 heavy (non-hydrogen) atoms. The number of fused-ring (bicyclic) bond motifs is 1. The fraction of sp³-hybridized carbons (Fsp3) is 0.222. The van der Waals surface area contributed by atoms with Crippen LogP contribution in [0.25, 0.3) is 22.2 Å². The number of esters is 1. The molecule has 0 aliphatic heterocycles. The summed E-state index contributed by atoms with van der Waals surface area (Å²) in [5.74, 6) is 5.60. The summed E-state index contributed by atoms with van der Waals surface area (Å²) in [5, 5.41) is 14.5. The van der Waals surface area contributed by atoms with Crippen molar-refractivity contribution in [3.05, 3.63) is 123 Å². The Morgan fingerprint density at radius 3 is 2.38 bits per heavy atom. The number of rotatable bonds is 16. The van der Waals surface area contributed by atoms with E-state index in [1.165, 1.54) is 31.4 Å². The number of hydrazone groups is 1. The minimum atomic E-state index is -1.06. The Balaban J connectivity index is 1.27. The SMILES string of the molecule is CCOc1nc2cccc(C(=O)OC(C)OC)c2n1Cc1ccc(-c2ccccc2/C(N)=N/N(N)COC(=O)Oc2ccc(CO[N+](=O)[O-])cc2)cc1. The van der Waals surface area contributed by atoms with E-state index in [0.29, 0.717) is 46.9 Å². The average molecular weight is 728 g/mol. The first-order chi connectivity index (χ1) is 25.6. The molecule has 1 heterocycles. The van der Waals surface area contributed by atoms with E-state index in [2.05, 4.69) is 14.9 Å². The molecule has 1 atom stereocenters. The topological polar surface area (TPSA) is 218 Å². The first-order valence-corrected chi connectivity index (χ1v) is 16.2. The van der Waals surface area contributed by atoms with Gasteiger partial charge in [0.2, 0.25) is 0 Å². The van der Waals surface area contributed by atoms with Crippen molar-refractivity contribution >= 4 is 29.0 Å². The second-order valence-corrected chi connectivity index (χ2v) is 11.2. The molecule has 0 spiro atoms. The Labute approximate surface area is 303 Å². The van der Waals surface area contributed by atoms with E-state index in [9.17, 15) is 19.7 Å². The lowest BCUT2D eigenvalue weighted by atomic mass is 9.98. The lowest BCUT2D eigenvalue weighted by molar-refractivity contribution is -0.763. The maximum Gasteiger partial charge on any atom is 0.515 e.